The molecule has 26 heavy (non-hydrogen) atoms. The number of sulfonamides is 1. The highest BCUT2D eigenvalue weighted by Crippen LogP contribution is 2.18. The Balaban J connectivity index is 0.000000195. The standard InChI is InChI=1S/C10H13NO3S.C8H6N2O/c1-2-8(7-12)9-3-5-10(6-4-9)15(11,13)14;11-8-6-3-1-2-4-7(6)9-5-10-8/h3-8H,2H2,1H3,(H2,11,13,14);1-5H,(H,9,10,11). The summed E-state index contributed by atoms with van der Waals surface area (Å²) in [6.45, 7) is 1.90. The molecule has 8 heteroatoms. The summed E-state index contributed by atoms with van der Waals surface area (Å²) in [5, 5.41) is 5.58. The van der Waals surface area contributed by atoms with Crippen molar-refractivity contribution in [1.82, 2.24) is 9.97 Å². The maximum absolute atomic E-state index is 11.1. The van der Waals surface area contributed by atoms with E-state index in [1.54, 1.807) is 18.2 Å². The number of hydrogen-bond donors (Lipinski definition) is 2. The molecule has 136 valence electrons. The first-order valence-corrected chi connectivity index (χ1v) is 9.42. The number of aromatic amines is 1. The van der Waals surface area contributed by atoms with Crippen LogP contribution in [0, 0.1) is 0 Å². The van der Waals surface area contributed by atoms with Gasteiger partial charge in [0.25, 0.3) is 5.56 Å². The minimum Gasteiger partial charge on any atom is -0.313 e. The fraction of sp³-hybridized carbons (Fsp3) is 0.167. The second kappa shape index (κ2) is 8.50. The molecule has 1 atom stereocenters. The predicted molar refractivity (Wildman–Crippen MR) is 99.3 cm³/mol. The number of carbonyl (C=O) groups is 1. The Morgan fingerprint density at radius 1 is 1.15 bits per heavy atom. The van der Waals surface area contributed by atoms with Crippen LogP contribution in [0.3, 0.4) is 0 Å². The van der Waals surface area contributed by atoms with Gasteiger partial charge in [0.1, 0.15) is 6.29 Å². The lowest BCUT2D eigenvalue weighted by atomic mass is 9.98. The molecule has 3 rings (SSSR count). The second-order valence-corrected chi connectivity index (χ2v) is 7.08. The normalized spacial score (nSPS) is 12.1. The van der Waals surface area contributed by atoms with Crippen LogP contribution in [0.25, 0.3) is 10.9 Å². The van der Waals surface area contributed by atoms with Crippen molar-refractivity contribution in [2.45, 2.75) is 24.2 Å². The molecular formula is C18H19N3O4S. The fourth-order valence-corrected chi connectivity index (χ4v) is 2.85. The molecule has 3 N–H and O–H groups in total. The lowest BCUT2D eigenvalue weighted by molar-refractivity contribution is -0.109. The quantitative estimate of drug-likeness (QED) is 0.677. The number of carbonyl (C=O) groups excluding carboxylic acids is 1. The summed E-state index contributed by atoms with van der Waals surface area (Å²) in [6.07, 6.45) is 2.95. The van der Waals surface area contributed by atoms with Gasteiger partial charge in [0.05, 0.1) is 22.1 Å². The number of aldehydes is 1. The summed E-state index contributed by atoms with van der Waals surface area (Å²) in [4.78, 5) is 28.3. The van der Waals surface area contributed by atoms with Gasteiger partial charge in [-0.3, -0.25) is 4.79 Å². The average Bonchev–Trinajstić information content (AvgIpc) is 2.64. The Bertz CT molecular complexity index is 1040. The monoisotopic (exact) mass is 373 g/mol. The van der Waals surface area contributed by atoms with Crippen molar-refractivity contribution >= 4 is 27.2 Å². The molecule has 0 amide bonds. The van der Waals surface area contributed by atoms with Crippen molar-refractivity contribution in [3.8, 4) is 0 Å². The summed E-state index contributed by atoms with van der Waals surface area (Å²) < 4.78 is 21.9. The highest BCUT2D eigenvalue weighted by molar-refractivity contribution is 7.89. The number of hydrogen-bond acceptors (Lipinski definition) is 5. The highest BCUT2D eigenvalue weighted by Gasteiger charge is 2.10. The Labute approximate surface area is 150 Å². The molecule has 7 nitrogen and oxygen atoms in total. The first kappa shape index (κ1) is 19.5. The zero-order valence-corrected chi connectivity index (χ0v) is 14.9. The second-order valence-electron chi connectivity index (χ2n) is 5.51. The van der Waals surface area contributed by atoms with E-state index in [0.29, 0.717) is 11.8 Å². The van der Waals surface area contributed by atoms with Crippen LogP contribution < -0.4 is 10.7 Å². The summed E-state index contributed by atoms with van der Waals surface area (Å²) in [5.41, 5.74) is 1.45. The molecule has 1 unspecified atom stereocenters. The van der Waals surface area contributed by atoms with Crippen LogP contribution in [0.2, 0.25) is 0 Å². The van der Waals surface area contributed by atoms with Gasteiger partial charge in [-0.05, 0) is 36.2 Å². The van der Waals surface area contributed by atoms with Crippen LogP contribution in [-0.4, -0.2) is 24.7 Å². The third-order valence-corrected chi connectivity index (χ3v) is 4.72. The van der Waals surface area contributed by atoms with E-state index in [9.17, 15) is 18.0 Å². The van der Waals surface area contributed by atoms with Gasteiger partial charge in [0.15, 0.2) is 0 Å². The predicted octanol–water partition coefficient (Wildman–Crippen LogP) is 1.95. The van der Waals surface area contributed by atoms with E-state index in [1.165, 1.54) is 18.5 Å². The summed E-state index contributed by atoms with van der Waals surface area (Å²) in [7, 11) is -3.65. The Morgan fingerprint density at radius 3 is 2.35 bits per heavy atom. The third-order valence-electron chi connectivity index (χ3n) is 3.79. The Kier molecular flexibility index (Phi) is 6.37. The number of nitrogens with zero attached hydrogens (tertiary/aromatic N) is 1. The van der Waals surface area contributed by atoms with Crippen molar-refractivity contribution in [2.24, 2.45) is 5.14 Å². The highest BCUT2D eigenvalue weighted by atomic mass is 32.2. The van der Waals surface area contributed by atoms with E-state index in [-0.39, 0.29) is 16.4 Å². The van der Waals surface area contributed by atoms with Crippen LogP contribution in [0.1, 0.15) is 24.8 Å². The van der Waals surface area contributed by atoms with Gasteiger partial charge in [0.2, 0.25) is 10.0 Å². The van der Waals surface area contributed by atoms with E-state index in [1.807, 2.05) is 25.1 Å². The number of benzene rings is 2. The summed E-state index contributed by atoms with van der Waals surface area (Å²) >= 11 is 0. The molecule has 0 radical (unpaired) electrons. The number of H-pyrrole nitrogens is 1. The number of nitrogens with two attached hydrogens (primary N) is 1. The number of rotatable bonds is 4. The topological polar surface area (TPSA) is 123 Å². The first-order chi connectivity index (χ1) is 12.4. The number of aromatic nitrogens is 2. The zero-order chi connectivity index (χ0) is 19.2. The zero-order valence-electron chi connectivity index (χ0n) is 14.1. The molecule has 1 heterocycles. The lowest BCUT2D eigenvalue weighted by Crippen LogP contribution is -2.12. The Hall–Kier alpha value is -2.84. The van der Waals surface area contributed by atoms with Crippen LogP contribution >= 0.6 is 0 Å². The molecule has 0 aliphatic heterocycles. The molecular weight excluding hydrogens is 354 g/mol. The average molecular weight is 373 g/mol. The van der Waals surface area contributed by atoms with Gasteiger partial charge in [-0.15, -0.1) is 0 Å². The van der Waals surface area contributed by atoms with Crippen LogP contribution in [0.15, 0.2) is 64.5 Å². The minimum atomic E-state index is -3.65. The molecule has 0 spiro atoms. The smallest absolute Gasteiger partial charge is 0.258 e. The van der Waals surface area contributed by atoms with Gasteiger partial charge in [-0.25, -0.2) is 18.5 Å². The van der Waals surface area contributed by atoms with Crippen molar-refractivity contribution in [3.63, 3.8) is 0 Å². The van der Waals surface area contributed by atoms with Gasteiger partial charge in [-0.1, -0.05) is 31.2 Å². The summed E-state index contributed by atoms with van der Waals surface area (Å²) in [6, 6.07) is 13.3. The van der Waals surface area contributed by atoms with E-state index >= 15 is 0 Å². The number of nitrogens with one attached hydrogen (secondary N) is 1. The van der Waals surface area contributed by atoms with Crippen LogP contribution in [-0.2, 0) is 14.8 Å². The molecule has 3 aromatic rings. The molecule has 0 bridgehead atoms. The van der Waals surface area contributed by atoms with Crippen molar-refractivity contribution in [3.05, 3.63) is 70.8 Å². The SMILES string of the molecule is CCC(C=O)c1ccc(S(N)(=O)=O)cc1.O=c1[nH]cnc2ccccc12. The number of primary sulfonamides is 1. The number of para-hydroxylation sites is 1. The molecule has 0 saturated heterocycles. The van der Waals surface area contributed by atoms with E-state index in [2.05, 4.69) is 9.97 Å². The van der Waals surface area contributed by atoms with Gasteiger partial charge in [-0.2, -0.15) is 0 Å². The van der Waals surface area contributed by atoms with Crippen molar-refractivity contribution in [1.29, 1.82) is 0 Å². The minimum absolute atomic E-state index is 0.0620. The van der Waals surface area contributed by atoms with Crippen LogP contribution in [0.4, 0.5) is 0 Å². The molecule has 0 saturated carbocycles. The van der Waals surface area contributed by atoms with Crippen molar-refractivity contribution in [2.75, 3.05) is 0 Å². The largest absolute Gasteiger partial charge is 0.313 e. The van der Waals surface area contributed by atoms with Crippen LogP contribution in [0.5, 0.6) is 0 Å². The van der Waals surface area contributed by atoms with Gasteiger partial charge < -0.3 is 9.78 Å². The molecule has 0 aliphatic rings. The lowest BCUT2D eigenvalue weighted by Gasteiger charge is -2.07. The molecule has 2 aromatic carbocycles. The molecule has 1 aromatic heterocycles. The maximum Gasteiger partial charge on any atom is 0.258 e. The number of fused-ring (bicyclic) bond motifs is 1. The maximum atomic E-state index is 11.1. The Morgan fingerprint density at radius 2 is 1.81 bits per heavy atom. The first-order valence-electron chi connectivity index (χ1n) is 7.87. The van der Waals surface area contributed by atoms with E-state index in [4.69, 9.17) is 5.14 Å². The fourth-order valence-electron chi connectivity index (χ4n) is 2.33. The van der Waals surface area contributed by atoms with Gasteiger partial charge in [0, 0.05) is 5.92 Å². The van der Waals surface area contributed by atoms with E-state index in [0.717, 1.165) is 17.4 Å². The molecule has 0 aliphatic carbocycles. The molecule has 0 fully saturated rings. The third kappa shape index (κ3) is 4.84. The van der Waals surface area contributed by atoms with Crippen molar-refractivity contribution < 1.29 is 13.2 Å². The summed E-state index contributed by atoms with van der Waals surface area (Å²) in [5.74, 6) is -0.181. The van der Waals surface area contributed by atoms with Gasteiger partial charge >= 0.3 is 0 Å². The van der Waals surface area contributed by atoms with E-state index < -0.39 is 10.0 Å².